The van der Waals surface area contributed by atoms with E-state index in [1.165, 1.54) is 6.92 Å². The van der Waals surface area contributed by atoms with Gasteiger partial charge in [0.25, 0.3) is 0 Å². The van der Waals surface area contributed by atoms with E-state index in [0.717, 1.165) is 23.6 Å². The molecule has 0 aromatic heterocycles. The van der Waals surface area contributed by atoms with Crippen LogP contribution in [0.15, 0.2) is 46.7 Å². The van der Waals surface area contributed by atoms with Gasteiger partial charge in [0, 0.05) is 18.7 Å². The topological polar surface area (TPSA) is 102 Å². The van der Waals surface area contributed by atoms with Crippen LogP contribution in [0.3, 0.4) is 0 Å². The number of carbonyl (C=O) groups is 2. The van der Waals surface area contributed by atoms with Crippen molar-refractivity contribution in [2.75, 3.05) is 6.61 Å². The zero-order chi connectivity index (χ0) is 17.7. The Morgan fingerprint density at radius 3 is 2.38 bits per heavy atom. The molecule has 24 heavy (non-hydrogen) atoms. The highest BCUT2D eigenvalue weighted by molar-refractivity contribution is 8.00. The van der Waals surface area contributed by atoms with Gasteiger partial charge in [0.1, 0.15) is 12.7 Å². The van der Waals surface area contributed by atoms with E-state index in [1.807, 2.05) is 30.3 Å². The van der Waals surface area contributed by atoms with E-state index in [9.17, 15) is 19.8 Å². The second-order valence-electron chi connectivity index (χ2n) is 5.04. The van der Waals surface area contributed by atoms with Gasteiger partial charge in [-0.15, -0.1) is 0 Å². The minimum Gasteiger partial charge on any atom is -0.506 e. The van der Waals surface area contributed by atoms with Gasteiger partial charge in [0.05, 0.1) is 0 Å². The smallest absolute Gasteiger partial charge is 0.303 e. The number of thioether (sulfide) groups is 1. The number of hydrogen-bond donors (Lipinski definition) is 2. The molecule has 0 saturated carbocycles. The van der Waals surface area contributed by atoms with Gasteiger partial charge in [-0.3, -0.25) is 9.59 Å². The number of esters is 2. The summed E-state index contributed by atoms with van der Waals surface area (Å²) >= 11 is 1.16. The van der Waals surface area contributed by atoms with E-state index < -0.39 is 41.1 Å². The molecule has 0 bridgehead atoms. The highest BCUT2D eigenvalue weighted by Crippen LogP contribution is 2.35. The van der Waals surface area contributed by atoms with Crippen molar-refractivity contribution in [1.29, 1.82) is 0 Å². The Hall–Kier alpha value is -2.19. The highest BCUT2D eigenvalue weighted by atomic mass is 32.2. The van der Waals surface area contributed by atoms with E-state index in [0.29, 0.717) is 0 Å². The normalized spacial score (nSPS) is 23.7. The summed E-state index contributed by atoms with van der Waals surface area (Å²) in [5.41, 5.74) is -0.917. The van der Waals surface area contributed by atoms with Crippen molar-refractivity contribution < 1.29 is 34.0 Å². The molecule has 1 heterocycles. The zero-order valence-corrected chi connectivity index (χ0v) is 14.0. The summed E-state index contributed by atoms with van der Waals surface area (Å²) in [4.78, 5) is 23.0. The van der Waals surface area contributed by atoms with Gasteiger partial charge < -0.3 is 24.4 Å². The van der Waals surface area contributed by atoms with Crippen LogP contribution in [0, 0.1) is 0 Å². The van der Waals surface area contributed by atoms with Crippen LogP contribution in [0.4, 0.5) is 0 Å². The lowest BCUT2D eigenvalue weighted by Gasteiger charge is -2.34. The van der Waals surface area contributed by atoms with Crippen molar-refractivity contribution in [3.05, 3.63) is 41.9 Å². The number of ether oxygens (including phenoxy) is 3. The van der Waals surface area contributed by atoms with Gasteiger partial charge in [0.2, 0.25) is 0 Å². The third-order valence-corrected chi connectivity index (χ3v) is 4.21. The van der Waals surface area contributed by atoms with Gasteiger partial charge in [0.15, 0.2) is 23.1 Å². The van der Waals surface area contributed by atoms with Gasteiger partial charge in [-0.1, -0.05) is 30.0 Å². The molecule has 2 N–H and O–H groups in total. The van der Waals surface area contributed by atoms with Gasteiger partial charge >= 0.3 is 11.9 Å². The predicted molar refractivity (Wildman–Crippen MR) is 85.4 cm³/mol. The van der Waals surface area contributed by atoms with Crippen LogP contribution in [0.25, 0.3) is 0 Å². The lowest BCUT2D eigenvalue weighted by molar-refractivity contribution is -0.167. The number of aliphatic hydroxyl groups is 2. The Labute approximate surface area is 143 Å². The van der Waals surface area contributed by atoms with Crippen LogP contribution in [-0.4, -0.2) is 46.4 Å². The minimum absolute atomic E-state index is 0.226. The first kappa shape index (κ1) is 18.2. The first-order valence-corrected chi connectivity index (χ1v) is 8.06. The molecule has 0 saturated heterocycles. The van der Waals surface area contributed by atoms with Crippen LogP contribution in [0.5, 0.6) is 0 Å². The molecule has 0 aliphatic carbocycles. The molecule has 1 aliphatic rings. The molecule has 130 valence electrons. The van der Waals surface area contributed by atoms with Gasteiger partial charge in [-0.05, 0) is 12.1 Å². The molecule has 2 rings (SSSR count). The Kier molecular flexibility index (Phi) is 6.10. The molecular formula is C16H18O7S. The molecule has 0 spiro atoms. The SMILES string of the molecule is CC(=O)OC[C@H]1O[C@H](Sc2ccccc2)C(O)=C(O)[C@@H]1OC(C)=O. The summed E-state index contributed by atoms with van der Waals surface area (Å²) in [6.07, 6.45) is -2.18. The predicted octanol–water partition coefficient (Wildman–Crippen LogP) is 2.33. The van der Waals surface area contributed by atoms with Crippen LogP contribution >= 0.6 is 11.8 Å². The number of benzene rings is 1. The first-order valence-electron chi connectivity index (χ1n) is 7.18. The molecule has 1 aromatic carbocycles. The minimum atomic E-state index is -1.24. The molecule has 3 atom stereocenters. The summed E-state index contributed by atoms with van der Waals surface area (Å²) in [6.45, 7) is 2.17. The quantitative estimate of drug-likeness (QED) is 0.777. The van der Waals surface area contributed by atoms with Crippen LogP contribution in [0.1, 0.15) is 13.8 Å². The van der Waals surface area contributed by atoms with E-state index in [-0.39, 0.29) is 6.61 Å². The van der Waals surface area contributed by atoms with Crippen molar-refractivity contribution in [3.63, 3.8) is 0 Å². The number of aliphatic hydroxyl groups excluding tert-OH is 2. The molecule has 0 amide bonds. The molecule has 0 radical (unpaired) electrons. The van der Waals surface area contributed by atoms with Crippen molar-refractivity contribution >= 4 is 23.7 Å². The van der Waals surface area contributed by atoms with Crippen molar-refractivity contribution in [1.82, 2.24) is 0 Å². The Bertz CT molecular complexity index is 629. The zero-order valence-electron chi connectivity index (χ0n) is 13.2. The maximum absolute atomic E-state index is 11.2. The Morgan fingerprint density at radius 1 is 1.12 bits per heavy atom. The summed E-state index contributed by atoms with van der Waals surface area (Å²) in [6, 6.07) is 9.13. The third-order valence-electron chi connectivity index (χ3n) is 3.12. The summed E-state index contributed by atoms with van der Waals surface area (Å²) in [7, 11) is 0. The average molecular weight is 354 g/mol. The fraction of sp³-hybridized carbons (Fsp3) is 0.375. The molecule has 0 fully saturated rings. The first-order chi connectivity index (χ1) is 11.4. The Morgan fingerprint density at radius 2 is 1.79 bits per heavy atom. The van der Waals surface area contributed by atoms with E-state index in [1.54, 1.807) is 0 Å². The van der Waals surface area contributed by atoms with Crippen molar-refractivity contribution in [2.24, 2.45) is 0 Å². The van der Waals surface area contributed by atoms with Crippen LogP contribution in [-0.2, 0) is 23.8 Å². The highest BCUT2D eigenvalue weighted by Gasteiger charge is 2.41. The molecule has 7 nitrogen and oxygen atoms in total. The largest absolute Gasteiger partial charge is 0.506 e. The second kappa shape index (κ2) is 8.07. The molecule has 1 aromatic rings. The number of hydrogen-bond acceptors (Lipinski definition) is 8. The standard InChI is InChI=1S/C16H18O7S/c1-9(17)21-8-12-15(22-10(2)18)13(19)14(20)16(23-12)24-11-6-4-3-5-7-11/h3-7,12,15-16,19-20H,8H2,1-2H3/t12-,15-,16-/m1/s1. The number of rotatable bonds is 5. The number of carbonyl (C=O) groups excluding carboxylic acids is 2. The molecule has 0 unspecified atom stereocenters. The van der Waals surface area contributed by atoms with Crippen LogP contribution < -0.4 is 0 Å². The fourth-order valence-electron chi connectivity index (χ4n) is 2.08. The summed E-state index contributed by atoms with van der Waals surface area (Å²) < 4.78 is 15.6. The second-order valence-corrected chi connectivity index (χ2v) is 6.18. The lowest BCUT2D eigenvalue weighted by atomic mass is 10.1. The average Bonchev–Trinajstić information content (AvgIpc) is 2.54. The molecule has 1 aliphatic heterocycles. The fourth-order valence-corrected chi connectivity index (χ4v) is 3.07. The van der Waals surface area contributed by atoms with E-state index in [2.05, 4.69) is 0 Å². The lowest BCUT2D eigenvalue weighted by Crippen LogP contribution is -2.45. The van der Waals surface area contributed by atoms with E-state index in [4.69, 9.17) is 14.2 Å². The maximum Gasteiger partial charge on any atom is 0.303 e. The molecule has 8 heteroatoms. The third kappa shape index (κ3) is 4.65. The molecular weight excluding hydrogens is 336 g/mol. The maximum atomic E-state index is 11.2. The monoisotopic (exact) mass is 354 g/mol. The Balaban J connectivity index is 2.22. The van der Waals surface area contributed by atoms with Crippen molar-refractivity contribution in [2.45, 2.75) is 36.4 Å². The van der Waals surface area contributed by atoms with E-state index >= 15 is 0 Å². The summed E-state index contributed by atoms with van der Waals surface area (Å²) in [5, 5.41) is 20.4. The summed E-state index contributed by atoms with van der Waals surface area (Å²) in [5.74, 6) is -2.15. The van der Waals surface area contributed by atoms with Crippen LogP contribution in [0.2, 0.25) is 0 Å². The van der Waals surface area contributed by atoms with Gasteiger partial charge in [-0.2, -0.15) is 0 Å². The van der Waals surface area contributed by atoms with Crippen molar-refractivity contribution in [3.8, 4) is 0 Å². The van der Waals surface area contributed by atoms with Gasteiger partial charge in [-0.25, -0.2) is 0 Å².